The Bertz CT molecular complexity index is 339. The maximum Gasteiger partial charge on any atom is 0.458 e. The number of oxime groups is 1. The lowest BCUT2D eigenvalue weighted by Gasteiger charge is -2.30. The van der Waals surface area contributed by atoms with Gasteiger partial charge >= 0.3 is 12.0 Å². The number of rotatable bonds is 0. The van der Waals surface area contributed by atoms with Gasteiger partial charge in [0, 0.05) is 12.8 Å². The van der Waals surface area contributed by atoms with E-state index in [0.29, 0.717) is 0 Å². The third-order valence-corrected chi connectivity index (χ3v) is 2.67. The van der Waals surface area contributed by atoms with Crippen LogP contribution in [-0.2, 0) is 9.63 Å². The molecule has 0 bridgehead atoms. The highest BCUT2D eigenvalue weighted by Gasteiger charge is 2.66. The van der Waals surface area contributed by atoms with Gasteiger partial charge in [0.25, 0.3) is 0 Å². The number of hydrogen-bond acceptors (Lipinski definition) is 4. The average Bonchev–Trinajstić information content (AvgIpc) is 2.44. The molecule has 1 saturated carbocycles. The fourth-order valence-corrected chi connectivity index (χ4v) is 1.80. The Morgan fingerprint density at radius 3 is 2.73 bits per heavy atom. The SMILES string of the molecule is O=C1CCC2=NOC(O)(C(F)(F)F)C2C1. The summed E-state index contributed by atoms with van der Waals surface area (Å²) in [6.07, 6.45) is -5.02. The normalized spacial score (nSPS) is 35.9. The lowest BCUT2D eigenvalue weighted by molar-refractivity contribution is -0.369. The number of carbonyl (C=O) groups excluding carboxylic acids is 1. The number of Topliss-reactive ketones (excluding diaryl/α,β-unsaturated/α-hetero) is 1. The topological polar surface area (TPSA) is 58.9 Å². The van der Waals surface area contributed by atoms with Crippen molar-refractivity contribution in [1.82, 2.24) is 0 Å². The Morgan fingerprint density at radius 2 is 2.13 bits per heavy atom. The van der Waals surface area contributed by atoms with Gasteiger partial charge in [-0.15, -0.1) is 0 Å². The summed E-state index contributed by atoms with van der Waals surface area (Å²) < 4.78 is 37.4. The van der Waals surface area contributed by atoms with Crippen LogP contribution in [0.15, 0.2) is 5.16 Å². The van der Waals surface area contributed by atoms with Crippen LogP contribution in [0.3, 0.4) is 0 Å². The van der Waals surface area contributed by atoms with Crippen LogP contribution in [0.1, 0.15) is 19.3 Å². The molecule has 2 rings (SSSR count). The standard InChI is InChI=1S/C8H8F3NO3/c9-8(10,11)7(14)5-3-4(13)1-2-6(5)12-15-7/h5,14H,1-3H2. The van der Waals surface area contributed by atoms with Crippen LogP contribution < -0.4 is 0 Å². The van der Waals surface area contributed by atoms with Crippen molar-refractivity contribution in [2.24, 2.45) is 11.1 Å². The van der Waals surface area contributed by atoms with E-state index in [1.165, 1.54) is 0 Å². The maximum absolute atomic E-state index is 12.5. The summed E-state index contributed by atoms with van der Waals surface area (Å²) in [4.78, 5) is 15.1. The van der Waals surface area contributed by atoms with Crippen LogP contribution in [-0.4, -0.2) is 28.6 Å². The second-order valence-electron chi connectivity index (χ2n) is 3.66. The van der Waals surface area contributed by atoms with E-state index in [4.69, 9.17) is 0 Å². The van der Waals surface area contributed by atoms with Crippen molar-refractivity contribution in [1.29, 1.82) is 0 Å². The molecule has 15 heavy (non-hydrogen) atoms. The molecule has 0 aromatic rings. The third-order valence-electron chi connectivity index (χ3n) is 2.67. The molecule has 1 heterocycles. The van der Waals surface area contributed by atoms with Crippen molar-refractivity contribution in [2.75, 3.05) is 0 Å². The second kappa shape index (κ2) is 2.94. The lowest BCUT2D eigenvalue weighted by Crippen LogP contribution is -2.53. The lowest BCUT2D eigenvalue weighted by atomic mass is 9.81. The molecule has 0 aromatic heterocycles. The number of nitrogens with zero attached hydrogens (tertiary/aromatic N) is 1. The predicted octanol–water partition coefficient (Wildman–Crippen LogP) is 0.993. The zero-order chi connectivity index (χ0) is 11.3. The molecule has 0 radical (unpaired) electrons. The Kier molecular flexibility index (Phi) is 2.04. The highest BCUT2D eigenvalue weighted by molar-refractivity contribution is 5.98. The van der Waals surface area contributed by atoms with Crippen molar-refractivity contribution < 1.29 is 27.9 Å². The zero-order valence-corrected chi connectivity index (χ0v) is 7.54. The first-order valence-electron chi connectivity index (χ1n) is 4.40. The minimum atomic E-state index is -4.94. The molecule has 1 N–H and O–H groups in total. The molecule has 2 atom stereocenters. The van der Waals surface area contributed by atoms with Gasteiger partial charge in [-0.25, -0.2) is 0 Å². The summed E-state index contributed by atoms with van der Waals surface area (Å²) in [5.41, 5.74) is 0.120. The number of hydrogen-bond donors (Lipinski definition) is 1. The molecule has 0 spiro atoms. The van der Waals surface area contributed by atoms with Crippen molar-refractivity contribution in [2.45, 2.75) is 31.2 Å². The third kappa shape index (κ3) is 1.41. The molecular formula is C8H8F3NO3. The van der Waals surface area contributed by atoms with Crippen LogP contribution in [0.25, 0.3) is 0 Å². The molecule has 84 valence electrons. The number of ketones is 1. The second-order valence-corrected chi connectivity index (χ2v) is 3.66. The largest absolute Gasteiger partial charge is 0.458 e. The van der Waals surface area contributed by atoms with Crippen molar-refractivity contribution in [3.05, 3.63) is 0 Å². The van der Waals surface area contributed by atoms with Gasteiger partial charge in [-0.2, -0.15) is 13.2 Å². The van der Waals surface area contributed by atoms with Gasteiger partial charge in [0.1, 0.15) is 5.78 Å². The van der Waals surface area contributed by atoms with Crippen LogP contribution >= 0.6 is 0 Å². The summed E-state index contributed by atoms with van der Waals surface area (Å²) in [6.45, 7) is 0. The summed E-state index contributed by atoms with van der Waals surface area (Å²) >= 11 is 0. The number of halogens is 3. The summed E-state index contributed by atoms with van der Waals surface area (Å²) in [5, 5.41) is 12.5. The van der Waals surface area contributed by atoms with Gasteiger partial charge in [0.2, 0.25) is 0 Å². The average molecular weight is 223 g/mol. The van der Waals surface area contributed by atoms with Gasteiger partial charge in [0.05, 0.1) is 11.6 Å². The minimum absolute atomic E-state index is 0.120. The van der Waals surface area contributed by atoms with Crippen molar-refractivity contribution >= 4 is 11.5 Å². The number of fused-ring (bicyclic) bond motifs is 1. The number of aliphatic hydroxyl groups is 1. The van der Waals surface area contributed by atoms with E-state index < -0.39 is 17.9 Å². The van der Waals surface area contributed by atoms with E-state index in [0.717, 1.165) is 0 Å². The molecule has 1 aliphatic carbocycles. The van der Waals surface area contributed by atoms with Crippen molar-refractivity contribution in [3.63, 3.8) is 0 Å². The van der Waals surface area contributed by atoms with Gasteiger partial charge in [0.15, 0.2) is 0 Å². The quantitative estimate of drug-likeness (QED) is 0.666. The van der Waals surface area contributed by atoms with E-state index in [1.54, 1.807) is 0 Å². The fraction of sp³-hybridized carbons (Fsp3) is 0.750. The molecule has 1 fully saturated rings. The van der Waals surface area contributed by atoms with Crippen LogP contribution in [0.4, 0.5) is 13.2 Å². The molecule has 1 aliphatic heterocycles. The first-order chi connectivity index (χ1) is 6.84. The van der Waals surface area contributed by atoms with Crippen LogP contribution in [0.5, 0.6) is 0 Å². The monoisotopic (exact) mass is 223 g/mol. The van der Waals surface area contributed by atoms with Crippen molar-refractivity contribution in [3.8, 4) is 0 Å². The Morgan fingerprint density at radius 1 is 1.47 bits per heavy atom. The Balaban J connectivity index is 2.29. The van der Waals surface area contributed by atoms with Gasteiger partial charge in [-0.05, 0) is 6.42 Å². The van der Waals surface area contributed by atoms with Gasteiger partial charge in [-0.1, -0.05) is 5.16 Å². The smallest absolute Gasteiger partial charge is 0.350 e. The van der Waals surface area contributed by atoms with Crippen LogP contribution in [0.2, 0.25) is 0 Å². The molecule has 0 amide bonds. The molecular weight excluding hydrogens is 215 g/mol. The minimum Gasteiger partial charge on any atom is -0.350 e. The molecule has 2 unspecified atom stereocenters. The molecule has 0 aromatic carbocycles. The highest BCUT2D eigenvalue weighted by Crippen LogP contribution is 2.45. The van der Waals surface area contributed by atoms with E-state index in [1.807, 2.05) is 0 Å². The number of carbonyl (C=O) groups is 1. The van der Waals surface area contributed by atoms with E-state index in [9.17, 15) is 23.1 Å². The molecule has 2 aliphatic rings. The Labute approximate surface area is 82.7 Å². The van der Waals surface area contributed by atoms with E-state index >= 15 is 0 Å². The Hall–Kier alpha value is -1.11. The summed E-state index contributed by atoms with van der Waals surface area (Å²) in [7, 11) is 0. The molecule has 4 nitrogen and oxygen atoms in total. The van der Waals surface area contributed by atoms with Gasteiger partial charge in [-0.3, -0.25) is 4.79 Å². The first-order valence-corrected chi connectivity index (χ1v) is 4.40. The van der Waals surface area contributed by atoms with Gasteiger partial charge < -0.3 is 9.94 Å². The predicted molar refractivity (Wildman–Crippen MR) is 41.9 cm³/mol. The molecule has 0 saturated heterocycles. The zero-order valence-electron chi connectivity index (χ0n) is 7.54. The summed E-state index contributed by atoms with van der Waals surface area (Å²) in [5.74, 6) is -5.01. The highest BCUT2D eigenvalue weighted by atomic mass is 19.4. The maximum atomic E-state index is 12.5. The molecule has 7 heteroatoms. The van der Waals surface area contributed by atoms with E-state index in [-0.39, 0.29) is 30.8 Å². The summed E-state index contributed by atoms with van der Waals surface area (Å²) in [6, 6.07) is 0. The van der Waals surface area contributed by atoms with Crippen LogP contribution in [0, 0.1) is 5.92 Å². The van der Waals surface area contributed by atoms with E-state index in [2.05, 4.69) is 9.99 Å². The first kappa shape index (κ1) is 10.4. The fourth-order valence-electron chi connectivity index (χ4n) is 1.80. The number of alkyl halides is 3.